The highest BCUT2D eigenvalue weighted by Crippen LogP contribution is 2.31. The summed E-state index contributed by atoms with van der Waals surface area (Å²) in [5.74, 6) is 0.667. The number of aromatic amines is 1. The minimum atomic E-state index is -0.912. The third-order valence-electron chi connectivity index (χ3n) is 5.25. The number of benzene rings is 1. The van der Waals surface area contributed by atoms with Gasteiger partial charge in [-0.1, -0.05) is 15.9 Å². The molecule has 0 bridgehead atoms. The molecule has 4 aromatic rings. The largest absolute Gasteiger partial charge is 0.465 e. The van der Waals surface area contributed by atoms with E-state index < -0.39 is 6.09 Å². The number of imidazole rings is 1. The molecule has 8 nitrogen and oxygen atoms in total. The summed E-state index contributed by atoms with van der Waals surface area (Å²) in [6.45, 7) is 0.538. The highest BCUT2D eigenvalue weighted by atomic mass is 79.9. The normalized spacial score (nSPS) is 16.3. The van der Waals surface area contributed by atoms with Crippen LogP contribution in [0.25, 0.3) is 33.7 Å². The Balaban J connectivity index is 1.40. The molecule has 3 aromatic heterocycles. The summed E-state index contributed by atoms with van der Waals surface area (Å²) in [5.41, 5.74) is 4.72. The Hall–Kier alpha value is -3.33. The Bertz CT molecular complexity index is 1240. The number of hydrogen-bond donors (Lipinski definition) is 2. The molecule has 1 amide bonds. The van der Waals surface area contributed by atoms with E-state index in [0.29, 0.717) is 18.1 Å². The number of pyridine rings is 1. The standard InChI is InChI=1S/C21H17BrN6O2/c22-13-4-6-15-16(8-13)24-11-18(26-15)14-5-3-12(9-23-14)17-10-25-20(27-17)19-2-1-7-28(19)21(29)30/h3-6,8-11,19H,1-2,7H2,(H,25,27)(H,29,30)/t19-/m0/s1. The lowest BCUT2D eigenvalue weighted by Crippen LogP contribution is -2.29. The van der Waals surface area contributed by atoms with Crippen LogP contribution in [0.1, 0.15) is 24.7 Å². The van der Waals surface area contributed by atoms with Gasteiger partial charge in [0.1, 0.15) is 11.5 Å². The fraction of sp³-hybridized carbons (Fsp3) is 0.190. The molecule has 0 saturated carbocycles. The molecule has 0 aliphatic carbocycles. The van der Waals surface area contributed by atoms with Crippen LogP contribution in [-0.4, -0.2) is 47.6 Å². The summed E-state index contributed by atoms with van der Waals surface area (Å²) in [4.78, 5) is 34.1. The lowest BCUT2D eigenvalue weighted by Gasteiger charge is -2.19. The smallest absolute Gasteiger partial charge is 0.407 e. The van der Waals surface area contributed by atoms with Gasteiger partial charge in [-0.25, -0.2) is 14.8 Å². The number of halogens is 1. The maximum absolute atomic E-state index is 11.4. The van der Waals surface area contributed by atoms with Crippen LogP contribution in [0.3, 0.4) is 0 Å². The average molecular weight is 465 g/mol. The van der Waals surface area contributed by atoms with Crippen molar-refractivity contribution in [3.8, 4) is 22.6 Å². The first-order valence-electron chi connectivity index (χ1n) is 9.52. The molecule has 0 unspecified atom stereocenters. The van der Waals surface area contributed by atoms with Crippen LogP contribution in [0.2, 0.25) is 0 Å². The number of nitrogens with one attached hydrogen (secondary N) is 1. The highest BCUT2D eigenvalue weighted by molar-refractivity contribution is 9.10. The molecule has 5 rings (SSSR count). The second-order valence-electron chi connectivity index (χ2n) is 7.14. The SMILES string of the molecule is O=C(O)N1CCC[C@H]1c1ncc(-c2ccc(-c3cnc4cc(Br)ccc4n3)nc2)[nH]1. The number of aromatic nitrogens is 5. The summed E-state index contributed by atoms with van der Waals surface area (Å²) in [7, 11) is 0. The number of H-pyrrole nitrogens is 1. The number of rotatable bonds is 3. The van der Waals surface area contributed by atoms with Gasteiger partial charge in [-0.15, -0.1) is 0 Å². The number of hydrogen-bond acceptors (Lipinski definition) is 5. The van der Waals surface area contributed by atoms with Crippen molar-refractivity contribution >= 4 is 33.1 Å². The fourth-order valence-corrected chi connectivity index (χ4v) is 4.09. The molecule has 1 atom stereocenters. The molecule has 4 heterocycles. The molecular weight excluding hydrogens is 448 g/mol. The van der Waals surface area contributed by atoms with Gasteiger partial charge < -0.3 is 10.1 Å². The van der Waals surface area contributed by atoms with Crippen molar-refractivity contribution in [3.63, 3.8) is 0 Å². The maximum atomic E-state index is 11.4. The molecule has 150 valence electrons. The van der Waals surface area contributed by atoms with E-state index in [1.165, 1.54) is 4.90 Å². The third kappa shape index (κ3) is 3.41. The van der Waals surface area contributed by atoms with Gasteiger partial charge in [0.25, 0.3) is 0 Å². The lowest BCUT2D eigenvalue weighted by atomic mass is 10.2. The lowest BCUT2D eigenvalue weighted by molar-refractivity contribution is 0.139. The van der Waals surface area contributed by atoms with Gasteiger partial charge in [0.15, 0.2) is 0 Å². The van der Waals surface area contributed by atoms with Gasteiger partial charge in [0, 0.05) is 22.8 Å². The van der Waals surface area contributed by atoms with E-state index in [9.17, 15) is 9.90 Å². The predicted molar refractivity (Wildman–Crippen MR) is 115 cm³/mol. The molecule has 0 spiro atoms. The van der Waals surface area contributed by atoms with Crippen LogP contribution in [-0.2, 0) is 0 Å². The van der Waals surface area contributed by atoms with Gasteiger partial charge in [-0.3, -0.25) is 14.9 Å². The van der Waals surface area contributed by atoms with E-state index in [1.807, 2.05) is 30.3 Å². The number of carboxylic acid groups (broad SMARTS) is 1. The quantitative estimate of drug-likeness (QED) is 0.456. The second kappa shape index (κ2) is 7.49. The van der Waals surface area contributed by atoms with Crippen LogP contribution in [0.15, 0.2) is 53.4 Å². The summed E-state index contributed by atoms with van der Waals surface area (Å²) >= 11 is 3.44. The Kier molecular flexibility index (Phi) is 4.66. The van der Waals surface area contributed by atoms with E-state index in [4.69, 9.17) is 0 Å². The Morgan fingerprint density at radius 2 is 1.97 bits per heavy atom. The number of carbonyl (C=O) groups is 1. The van der Waals surface area contributed by atoms with Crippen molar-refractivity contribution in [1.29, 1.82) is 0 Å². The van der Waals surface area contributed by atoms with E-state index in [-0.39, 0.29) is 6.04 Å². The van der Waals surface area contributed by atoms with Crippen molar-refractivity contribution in [2.45, 2.75) is 18.9 Å². The van der Waals surface area contributed by atoms with Gasteiger partial charge in [0.2, 0.25) is 0 Å². The average Bonchev–Trinajstić information content (AvgIpc) is 3.43. The topological polar surface area (TPSA) is 108 Å². The van der Waals surface area contributed by atoms with Crippen molar-refractivity contribution < 1.29 is 9.90 Å². The number of amides is 1. The van der Waals surface area contributed by atoms with Crippen LogP contribution in [0.5, 0.6) is 0 Å². The minimum absolute atomic E-state index is 0.226. The van der Waals surface area contributed by atoms with Gasteiger partial charge in [0.05, 0.1) is 40.9 Å². The van der Waals surface area contributed by atoms with Gasteiger partial charge >= 0.3 is 6.09 Å². The zero-order valence-corrected chi connectivity index (χ0v) is 17.4. The van der Waals surface area contributed by atoms with E-state index in [1.54, 1.807) is 18.6 Å². The monoisotopic (exact) mass is 464 g/mol. The highest BCUT2D eigenvalue weighted by Gasteiger charge is 2.31. The van der Waals surface area contributed by atoms with Crippen LogP contribution >= 0.6 is 15.9 Å². The molecule has 30 heavy (non-hydrogen) atoms. The van der Waals surface area contributed by atoms with Gasteiger partial charge in [-0.05, 0) is 43.2 Å². The molecule has 1 fully saturated rings. The maximum Gasteiger partial charge on any atom is 0.407 e. The van der Waals surface area contributed by atoms with E-state index >= 15 is 0 Å². The first-order chi connectivity index (χ1) is 14.6. The van der Waals surface area contributed by atoms with Crippen molar-refractivity contribution in [2.24, 2.45) is 0 Å². The van der Waals surface area contributed by atoms with Crippen molar-refractivity contribution in [2.75, 3.05) is 6.54 Å². The molecule has 1 saturated heterocycles. The molecule has 9 heteroatoms. The Morgan fingerprint density at radius 1 is 1.07 bits per heavy atom. The number of fused-ring (bicyclic) bond motifs is 1. The third-order valence-corrected chi connectivity index (χ3v) is 5.74. The molecule has 0 radical (unpaired) electrons. The van der Waals surface area contributed by atoms with Crippen LogP contribution in [0, 0.1) is 0 Å². The second-order valence-corrected chi connectivity index (χ2v) is 8.05. The Labute approximate surface area is 180 Å². The van der Waals surface area contributed by atoms with E-state index in [0.717, 1.165) is 45.3 Å². The minimum Gasteiger partial charge on any atom is -0.465 e. The summed E-state index contributed by atoms with van der Waals surface area (Å²) < 4.78 is 0.961. The summed E-state index contributed by atoms with van der Waals surface area (Å²) in [6.07, 6.45) is 5.89. The number of likely N-dealkylation sites (tertiary alicyclic amines) is 1. The fourth-order valence-electron chi connectivity index (χ4n) is 3.74. The summed E-state index contributed by atoms with van der Waals surface area (Å²) in [6, 6.07) is 9.38. The van der Waals surface area contributed by atoms with E-state index in [2.05, 4.69) is 40.8 Å². The van der Waals surface area contributed by atoms with Crippen molar-refractivity contribution in [1.82, 2.24) is 29.8 Å². The first kappa shape index (κ1) is 18.7. The van der Waals surface area contributed by atoms with Crippen LogP contribution < -0.4 is 0 Å². The van der Waals surface area contributed by atoms with Gasteiger partial charge in [-0.2, -0.15) is 0 Å². The first-order valence-corrected chi connectivity index (χ1v) is 10.3. The molecule has 1 aromatic carbocycles. The molecule has 1 aliphatic rings. The molecular formula is C21H17BrN6O2. The van der Waals surface area contributed by atoms with Crippen LogP contribution in [0.4, 0.5) is 4.79 Å². The zero-order valence-electron chi connectivity index (χ0n) is 15.8. The van der Waals surface area contributed by atoms with Crippen molar-refractivity contribution in [3.05, 3.63) is 59.2 Å². The Morgan fingerprint density at radius 3 is 2.77 bits per heavy atom. The number of nitrogens with zero attached hydrogens (tertiary/aromatic N) is 5. The molecule has 2 N–H and O–H groups in total. The predicted octanol–water partition coefficient (Wildman–Crippen LogP) is 4.66. The molecule has 1 aliphatic heterocycles. The summed E-state index contributed by atoms with van der Waals surface area (Å²) in [5, 5.41) is 9.35. The zero-order chi connectivity index (χ0) is 20.7.